The molecular formula is C15H18N4. The Balaban J connectivity index is 2.54. The minimum absolute atomic E-state index is 0.319. The van der Waals surface area contributed by atoms with Crippen molar-refractivity contribution in [1.82, 2.24) is 9.78 Å². The van der Waals surface area contributed by atoms with Crippen molar-refractivity contribution in [2.45, 2.75) is 33.6 Å². The van der Waals surface area contributed by atoms with Gasteiger partial charge in [0, 0.05) is 11.4 Å². The topological polar surface area (TPSA) is 67.6 Å². The zero-order chi connectivity index (χ0) is 14.0. The van der Waals surface area contributed by atoms with Crippen LogP contribution >= 0.6 is 0 Å². The third-order valence-corrected chi connectivity index (χ3v) is 3.44. The molecule has 0 spiro atoms. The van der Waals surface area contributed by atoms with Crippen molar-refractivity contribution in [3.63, 3.8) is 0 Å². The summed E-state index contributed by atoms with van der Waals surface area (Å²) in [4.78, 5) is 0. The van der Waals surface area contributed by atoms with Gasteiger partial charge in [0.25, 0.3) is 0 Å². The fourth-order valence-electron chi connectivity index (χ4n) is 2.40. The maximum absolute atomic E-state index is 8.82. The number of hydrogen-bond donors (Lipinski definition) is 1. The lowest BCUT2D eigenvalue weighted by Gasteiger charge is -2.08. The molecule has 1 aromatic carbocycles. The summed E-state index contributed by atoms with van der Waals surface area (Å²) in [5.74, 6) is 0. The van der Waals surface area contributed by atoms with Gasteiger partial charge in [0.2, 0.25) is 0 Å². The van der Waals surface area contributed by atoms with E-state index in [-0.39, 0.29) is 0 Å². The van der Waals surface area contributed by atoms with E-state index in [1.807, 2.05) is 29.8 Å². The number of nitrogen functional groups attached to an aromatic ring is 1. The number of aryl methyl sites for hydroxylation is 1. The lowest BCUT2D eigenvalue weighted by atomic mass is 10.1. The van der Waals surface area contributed by atoms with E-state index in [9.17, 15) is 0 Å². The summed E-state index contributed by atoms with van der Waals surface area (Å²) in [6, 6.07) is 7.86. The van der Waals surface area contributed by atoms with Gasteiger partial charge in [-0.1, -0.05) is 6.92 Å². The predicted octanol–water partition coefficient (Wildman–Crippen LogP) is 2.70. The lowest BCUT2D eigenvalue weighted by Crippen LogP contribution is -2.02. The normalized spacial score (nSPS) is 10.4. The van der Waals surface area contributed by atoms with E-state index < -0.39 is 0 Å². The van der Waals surface area contributed by atoms with Crippen LogP contribution in [0.1, 0.15) is 29.4 Å². The zero-order valence-corrected chi connectivity index (χ0v) is 11.6. The largest absolute Gasteiger partial charge is 0.398 e. The molecule has 1 heterocycles. The highest BCUT2D eigenvalue weighted by molar-refractivity contribution is 5.54. The summed E-state index contributed by atoms with van der Waals surface area (Å²) in [7, 11) is 0. The predicted molar refractivity (Wildman–Crippen MR) is 76.1 cm³/mol. The molecular weight excluding hydrogens is 236 g/mol. The maximum Gasteiger partial charge on any atom is 0.0670 e. The van der Waals surface area contributed by atoms with Crippen LogP contribution < -0.4 is 5.73 Å². The lowest BCUT2D eigenvalue weighted by molar-refractivity contribution is 0.831. The van der Waals surface area contributed by atoms with E-state index in [0.29, 0.717) is 12.1 Å². The second-order valence-electron chi connectivity index (χ2n) is 4.63. The number of hydrogen-bond acceptors (Lipinski definition) is 3. The molecule has 0 aliphatic heterocycles. The van der Waals surface area contributed by atoms with Gasteiger partial charge < -0.3 is 5.73 Å². The van der Waals surface area contributed by atoms with Crippen molar-refractivity contribution >= 4 is 5.69 Å². The van der Waals surface area contributed by atoms with Crippen LogP contribution in [-0.4, -0.2) is 9.78 Å². The summed E-state index contributed by atoms with van der Waals surface area (Å²) in [5, 5.41) is 13.4. The van der Waals surface area contributed by atoms with Crippen molar-refractivity contribution in [3.8, 4) is 11.8 Å². The zero-order valence-electron chi connectivity index (χ0n) is 11.6. The van der Waals surface area contributed by atoms with Gasteiger partial charge in [-0.3, -0.25) is 0 Å². The Morgan fingerprint density at radius 3 is 2.68 bits per heavy atom. The summed E-state index contributed by atoms with van der Waals surface area (Å²) in [6.45, 7) is 6.22. The molecule has 0 aliphatic rings. The van der Waals surface area contributed by atoms with Gasteiger partial charge in [-0.25, -0.2) is 4.68 Å². The van der Waals surface area contributed by atoms with Crippen LogP contribution in [0.15, 0.2) is 18.2 Å². The van der Waals surface area contributed by atoms with Crippen LogP contribution in [0.25, 0.3) is 5.69 Å². The Bertz CT molecular complexity index is 647. The van der Waals surface area contributed by atoms with E-state index in [1.165, 1.54) is 5.56 Å². The molecule has 0 saturated carbocycles. The molecule has 0 unspecified atom stereocenters. The van der Waals surface area contributed by atoms with Gasteiger partial charge in [0.05, 0.1) is 23.9 Å². The van der Waals surface area contributed by atoms with Crippen LogP contribution in [0, 0.1) is 25.2 Å². The van der Waals surface area contributed by atoms with Crippen LogP contribution in [0.3, 0.4) is 0 Å². The third-order valence-electron chi connectivity index (χ3n) is 3.44. The summed E-state index contributed by atoms with van der Waals surface area (Å²) in [5.41, 5.74) is 11.8. The Kier molecular flexibility index (Phi) is 3.57. The van der Waals surface area contributed by atoms with Gasteiger partial charge >= 0.3 is 0 Å². The standard InChI is InChI=1S/C15H18N4/c1-4-14-10(2)18-19(11(14)3)13-5-6-15(17)12(9-13)7-8-16/h5-6,9H,4,7,17H2,1-3H3. The fourth-order valence-corrected chi connectivity index (χ4v) is 2.40. The first-order chi connectivity index (χ1) is 9.08. The first-order valence-corrected chi connectivity index (χ1v) is 6.39. The van der Waals surface area contributed by atoms with Crippen molar-refractivity contribution < 1.29 is 0 Å². The highest BCUT2D eigenvalue weighted by Gasteiger charge is 2.12. The number of nitrogens with zero attached hydrogens (tertiary/aromatic N) is 3. The van der Waals surface area contributed by atoms with E-state index in [2.05, 4.69) is 25.0 Å². The van der Waals surface area contributed by atoms with Crippen LogP contribution in [0.4, 0.5) is 5.69 Å². The average Bonchev–Trinajstić information content (AvgIpc) is 2.67. The molecule has 2 N–H and O–H groups in total. The molecule has 19 heavy (non-hydrogen) atoms. The second-order valence-corrected chi connectivity index (χ2v) is 4.63. The number of aromatic nitrogens is 2. The molecule has 0 fully saturated rings. The Morgan fingerprint density at radius 1 is 1.37 bits per heavy atom. The van der Waals surface area contributed by atoms with Gasteiger partial charge in [-0.15, -0.1) is 0 Å². The van der Waals surface area contributed by atoms with Crippen LogP contribution in [0.2, 0.25) is 0 Å². The molecule has 1 aromatic heterocycles. The molecule has 0 amide bonds. The quantitative estimate of drug-likeness (QED) is 0.856. The molecule has 4 heteroatoms. The van der Waals surface area contributed by atoms with E-state index in [4.69, 9.17) is 11.0 Å². The first kappa shape index (κ1) is 13.2. The minimum atomic E-state index is 0.319. The average molecular weight is 254 g/mol. The second kappa shape index (κ2) is 5.15. The van der Waals surface area contributed by atoms with Crippen molar-refractivity contribution in [2.24, 2.45) is 0 Å². The third kappa shape index (κ3) is 2.32. The van der Waals surface area contributed by atoms with Gasteiger partial charge in [0.15, 0.2) is 0 Å². The van der Waals surface area contributed by atoms with E-state index in [1.54, 1.807) is 0 Å². The molecule has 2 aromatic rings. The Hall–Kier alpha value is -2.28. The molecule has 2 rings (SSSR count). The van der Waals surface area contributed by atoms with Gasteiger partial charge in [-0.2, -0.15) is 10.4 Å². The molecule has 98 valence electrons. The number of anilines is 1. The van der Waals surface area contributed by atoms with Crippen molar-refractivity contribution in [2.75, 3.05) is 5.73 Å². The maximum atomic E-state index is 8.82. The van der Waals surface area contributed by atoms with Crippen LogP contribution in [0.5, 0.6) is 0 Å². The highest BCUT2D eigenvalue weighted by atomic mass is 15.3. The van der Waals surface area contributed by atoms with Gasteiger partial charge in [0.1, 0.15) is 0 Å². The number of nitriles is 1. The first-order valence-electron chi connectivity index (χ1n) is 6.39. The van der Waals surface area contributed by atoms with E-state index >= 15 is 0 Å². The molecule has 0 saturated heterocycles. The summed E-state index contributed by atoms with van der Waals surface area (Å²) >= 11 is 0. The number of benzene rings is 1. The van der Waals surface area contributed by atoms with Gasteiger partial charge in [-0.05, 0) is 49.6 Å². The Morgan fingerprint density at radius 2 is 2.11 bits per heavy atom. The number of rotatable bonds is 3. The van der Waals surface area contributed by atoms with E-state index in [0.717, 1.165) is 29.1 Å². The van der Waals surface area contributed by atoms with Crippen LogP contribution in [-0.2, 0) is 12.8 Å². The molecule has 0 radical (unpaired) electrons. The molecule has 0 bridgehead atoms. The highest BCUT2D eigenvalue weighted by Crippen LogP contribution is 2.22. The molecule has 0 atom stereocenters. The monoisotopic (exact) mass is 254 g/mol. The SMILES string of the molecule is CCc1c(C)nn(-c2ccc(N)c(CC#N)c2)c1C. The smallest absolute Gasteiger partial charge is 0.0670 e. The minimum Gasteiger partial charge on any atom is -0.398 e. The fraction of sp³-hybridized carbons (Fsp3) is 0.333. The summed E-state index contributed by atoms with van der Waals surface area (Å²) < 4.78 is 1.93. The van der Waals surface area contributed by atoms with Crippen molar-refractivity contribution in [1.29, 1.82) is 5.26 Å². The molecule has 0 aliphatic carbocycles. The Labute approximate surface area is 113 Å². The van der Waals surface area contributed by atoms with Crippen molar-refractivity contribution in [3.05, 3.63) is 40.7 Å². The summed E-state index contributed by atoms with van der Waals surface area (Å²) in [6.07, 6.45) is 1.29. The molecule has 4 nitrogen and oxygen atoms in total. The number of nitrogens with two attached hydrogens (primary N) is 1.